The van der Waals surface area contributed by atoms with Crippen LogP contribution in [0.3, 0.4) is 0 Å². The topological polar surface area (TPSA) is 103 Å². The van der Waals surface area contributed by atoms with Gasteiger partial charge in [0.15, 0.2) is 6.61 Å². The number of nitrogens with one attached hydrogen (secondary N) is 2. The number of esters is 1. The number of methoxy groups -OCH3 is 2. The van der Waals surface area contributed by atoms with E-state index in [-0.39, 0.29) is 30.7 Å². The molecule has 26 heavy (non-hydrogen) atoms. The molecular formula is C18H26N2O6. The van der Waals surface area contributed by atoms with Gasteiger partial charge in [0.05, 0.1) is 14.2 Å². The number of hydrogen-bond donors (Lipinski definition) is 2. The van der Waals surface area contributed by atoms with Gasteiger partial charge >= 0.3 is 5.97 Å². The number of hydrogen-bond acceptors (Lipinski definition) is 6. The fourth-order valence-corrected chi connectivity index (χ4v) is 2.21. The summed E-state index contributed by atoms with van der Waals surface area (Å²) >= 11 is 0. The van der Waals surface area contributed by atoms with Crippen molar-refractivity contribution in [1.29, 1.82) is 0 Å². The summed E-state index contributed by atoms with van der Waals surface area (Å²) in [6, 6.07) is 4.69. The Morgan fingerprint density at radius 3 is 2.23 bits per heavy atom. The van der Waals surface area contributed by atoms with Crippen LogP contribution in [-0.2, 0) is 14.3 Å². The van der Waals surface area contributed by atoms with Gasteiger partial charge in [0.25, 0.3) is 11.8 Å². The van der Waals surface area contributed by atoms with Crippen molar-refractivity contribution >= 4 is 17.8 Å². The third-order valence-electron chi connectivity index (χ3n) is 3.50. The van der Waals surface area contributed by atoms with Crippen molar-refractivity contribution in [2.75, 3.05) is 27.4 Å². The first kappa shape index (κ1) is 21.3. The lowest BCUT2D eigenvalue weighted by Crippen LogP contribution is -2.37. The molecule has 0 heterocycles. The molecule has 2 amide bonds. The van der Waals surface area contributed by atoms with E-state index in [2.05, 4.69) is 10.6 Å². The van der Waals surface area contributed by atoms with Gasteiger partial charge in [-0.3, -0.25) is 14.4 Å². The minimum Gasteiger partial charge on any atom is -0.497 e. The van der Waals surface area contributed by atoms with Crippen LogP contribution in [-0.4, -0.2) is 51.2 Å². The SMILES string of the molecule is CCC[C@H](C)NC(=O)COC(=O)CNC(=O)c1cc(OC)cc(OC)c1. The molecule has 0 saturated heterocycles. The van der Waals surface area contributed by atoms with Gasteiger partial charge in [-0.1, -0.05) is 13.3 Å². The summed E-state index contributed by atoms with van der Waals surface area (Å²) in [6.45, 7) is 3.17. The second-order valence-electron chi connectivity index (χ2n) is 5.70. The van der Waals surface area contributed by atoms with E-state index in [0.29, 0.717) is 11.5 Å². The lowest BCUT2D eigenvalue weighted by Gasteiger charge is -2.13. The van der Waals surface area contributed by atoms with E-state index in [4.69, 9.17) is 14.2 Å². The molecular weight excluding hydrogens is 340 g/mol. The molecule has 0 fully saturated rings. The van der Waals surface area contributed by atoms with Crippen LogP contribution in [0.25, 0.3) is 0 Å². The molecule has 1 aromatic rings. The van der Waals surface area contributed by atoms with Crippen molar-refractivity contribution in [3.8, 4) is 11.5 Å². The lowest BCUT2D eigenvalue weighted by molar-refractivity contribution is -0.147. The molecule has 1 aromatic carbocycles. The van der Waals surface area contributed by atoms with Crippen molar-refractivity contribution in [1.82, 2.24) is 10.6 Å². The van der Waals surface area contributed by atoms with E-state index < -0.39 is 11.9 Å². The average molecular weight is 366 g/mol. The van der Waals surface area contributed by atoms with E-state index in [1.807, 2.05) is 13.8 Å². The molecule has 144 valence electrons. The Hall–Kier alpha value is -2.77. The van der Waals surface area contributed by atoms with Crippen LogP contribution < -0.4 is 20.1 Å². The Balaban J connectivity index is 2.45. The van der Waals surface area contributed by atoms with Crippen molar-refractivity contribution < 1.29 is 28.6 Å². The highest BCUT2D eigenvalue weighted by Crippen LogP contribution is 2.22. The van der Waals surface area contributed by atoms with Crippen molar-refractivity contribution in [2.45, 2.75) is 32.7 Å². The largest absolute Gasteiger partial charge is 0.497 e. The normalized spacial score (nSPS) is 11.2. The molecule has 0 radical (unpaired) electrons. The molecule has 2 N–H and O–H groups in total. The van der Waals surface area contributed by atoms with E-state index in [0.717, 1.165) is 12.8 Å². The Kier molecular flexibility index (Phi) is 8.97. The van der Waals surface area contributed by atoms with Gasteiger partial charge in [-0.25, -0.2) is 0 Å². The molecule has 0 unspecified atom stereocenters. The van der Waals surface area contributed by atoms with Crippen molar-refractivity contribution in [3.63, 3.8) is 0 Å². The first-order chi connectivity index (χ1) is 12.4. The van der Waals surface area contributed by atoms with Gasteiger partial charge in [-0.05, 0) is 25.5 Å². The second kappa shape index (κ2) is 11.0. The zero-order valence-electron chi connectivity index (χ0n) is 15.6. The second-order valence-corrected chi connectivity index (χ2v) is 5.70. The number of carbonyl (C=O) groups excluding carboxylic acids is 3. The number of benzene rings is 1. The first-order valence-electron chi connectivity index (χ1n) is 8.35. The third kappa shape index (κ3) is 7.42. The third-order valence-corrected chi connectivity index (χ3v) is 3.50. The zero-order chi connectivity index (χ0) is 19.5. The number of ether oxygens (including phenoxy) is 3. The van der Waals surface area contributed by atoms with Gasteiger partial charge in [-0.2, -0.15) is 0 Å². The van der Waals surface area contributed by atoms with Crippen LogP contribution in [0.2, 0.25) is 0 Å². The molecule has 0 saturated carbocycles. The van der Waals surface area contributed by atoms with E-state index >= 15 is 0 Å². The fraction of sp³-hybridized carbons (Fsp3) is 0.500. The molecule has 0 aliphatic heterocycles. The van der Waals surface area contributed by atoms with E-state index in [1.165, 1.54) is 26.4 Å². The molecule has 0 spiro atoms. The first-order valence-corrected chi connectivity index (χ1v) is 8.35. The molecule has 8 heteroatoms. The van der Waals surface area contributed by atoms with Crippen molar-refractivity contribution in [3.05, 3.63) is 23.8 Å². The predicted octanol–water partition coefficient (Wildman–Crippen LogP) is 1.28. The summed E-state index contributed by atoms with van der Waals surface area (Å²) < 4.78 is 15.0. The minimum absolute atomic E-state index is 0.0222. The average Bonchev–Trinajstić information content (AvgIpc) is 2.63. The number of amides is 2. The van der Waals surface area contributed by atoms with Crippen LogP contribution in [0.15, 0.2) is 18.2 Å². The Morgan fingerprint density at radius 2 is 1.69 bits per heavy atom. The summed E-state index contributed by atoms with van der Waals surface area (Å²) in [5.41, 5.74) is 0.278. The van der Waals surface area contributed by atoms with Crippen LogP contribution in [0.1, 0.15) is 37.0 Å². The highest BCUT2D eigenvalue weighted by atomic mass is 16.5. The summed E-state index contributed by atoms with van der Waals surface area (Å²) in [5.74, 6) is -0.653. The van der Waals surface area contributed by atoms with Crippen LogP contribution in [0.4, 0.5) is 0 Å². The Bertz CT molecular complexity index is 610. The van der Waals surface area contributed by atoms with E-state index in [9.17, 15) is 14.4 Å². The molecule has 0 bridgehead atoms. The maximum absolute atomic E-state index is 12.1. The van der Waals surface area contributed by atoms with E-state index in [1.54, 1.807) is 6.07 Å². The van der Waals surface area contributed by atoms with Crippen molar-refractivity contribution in [2.24, 2.45) is 0 Å². The summed E-state index contributed by atoms with van der Waals surface area (Å²) in [4.78, 5) is 35.4. The summed E-state index contributed by atoms with van der Waals surface area (Å²) in [5, 5.41) is 5.15. The molecule has 1 atom stereocenters. The Morgan fingerprint density at radius 1 is 1.08 bits per heavy atom. The smallest absolute Gasteiger partial charge is 0.325 e. The monoisotopic (exact) mass is 366 g/mol. The van der Waals surface area contributed by atoms with Gasteiger partial charge in [0.2, 0.25) is 0 Å². The molecule has 8 nitrogen and oxygen atoms in total. The Labute approximate surface area is 153 Å². The zero-order valence-corrected chi connectivity index (χ0v) is 15.6. The molecule has 0 aliphatic rings. The standard InChI is InChI=1S/C18H26N2O6/c1-5-6-12(2)20-16(21)11-26-17(22)10-19-18(23)13-7-14(24-3)9-15(8-13)25-4/h7-9,12H,5-6,10-11H2,1-4H3,(H,19,23)(H,20,21)/t12-/m0/s1. The van der Waals surface area contributed by atoms with Crippen LogP contribution in [0.5, 0.6) is 11.5 Å². The number of rotatable bonds is 10. The van der Waals surface area contributed by atoms with Crippen LogP contribution in [0, 0.1) is 0 Å². The van der Waals surface area contributed by atoms with Crippen LogP contribution >= 0.6 is 0 Å². The summed E-state index contributed by atoms with van der Waals surface area (Å²) in [7, 11) is 2.94. The maximum atomic E-state index is 12.1. The van der Waals surface area contributed by atoms with Gasteiger partial charge < -0.3 is 24.8 Å². The van der Waals surface area contributed by atoms with Gasteiger partial charge in [-0.15, -0.1) is 0 Å². The maximum Gasteiger partial charge on any atom is 0.325 e. The number of carbonyl (C=O) groups is 3. The quantitative estimate of drug-likeness (QED) is 0.605. The lowest BCUT2D eigenvalue weighted by atomic mass is 10.2. The van der Waals surface area contributed by atoms with Gasteiger partial charge in [0, 0.05) is 17.7 Å². The fourth-order valence-electron chi connectivity index (χ4n) is 2.21. The molecule has 0 aliphatic carbocycles. The minimum atomic E-state index is -0.702. The highest BCUT2D eigenvalue weighted by molar-refractivity contribution is 5.96. The molecule has 0 aromatic heterocycles. The predicted molar refractivity (Wildman–Crippen MR) is 95.4 cm³/mol. The highest BCUT2D eigenvalue weighted by Gasteiger charge is 2.13. The van der Waals surface area contributed by atoms with Gasteiger partial charge in [0.1, 0.15) is 18.0 Å². The summed E-state index contributed by atoms with van der Waals surface area (Å²) in [6.07, 6.45) is 1.79. The molecule has 1 rings (SSSR count).